The topological polar surface area (TPSA) is 77.4 Å². The van der Waals surface area contributed by atoms with E-state index in [2.05, 4.69) is 9.99 Å². The molecule has 17 heavy (non-hydrogen) atoms. The Labute approximate surface area is 98.4 Å². The molecular weight excluding hydrogens is 226 g/mol. The first-order chi connectivity index (χ1) is 8.19. The molecule has 6 heteroatoms. The maximum absolute atomic E-state index is 10.2. The number of carboxylic acid groups (broad SMARTS) is 1. The summed E-state index contributed by atoms with van der Waals surface area (Å²) in [5.74, 6) is -0.00730. The molecule has 0 aliphatic rings. The summed E-state index contributed by atoms with van der Waals surface area (Å²) in [6.07, 6.45) is 1.37. The molecule has 0 aliphatic carbocycles. The van der Waals surface area contributed by atoms with E-state index < -0.39 is 12.6 Å². The molecule has 0 spiro atoms. The van der Waals surface area contributed by atoms with Crippen LogP contribution in [0.25, 0.3) is 0 Å². The molecule has 0 fully saturated rings. The lowest BCUT2D eigenvalue weighted by atomic mass is 10.2. The number of rotatable bonds is 6. The molecule has 0 heterocycles. The van der Waals surface area contributed by atoms with Crippen LogP contribution >= 0.6 is 0 Å². The van der Waals surface area contributed by atoms with Gasteiger partial charge in [0.25, 0.3) is 0 Å². The van der Waals surface area contributed by atoms with E-state index in [0.29, 0.717) is 17.1 Å². The maximum Gasteiger partial charge on any atom is 0.344 e. The number of para-hydroxylation sites is 1. The molecule has 0 bridgehead atoms. The van der Waals surface area contributed by atoms with Crippen molar-refractivity contribution in [2.75, 3.05) is 20.8 Å². The Bertz CT molecular complexity index is 416. The third kappa shape index (κ3) is 3.67. The summed E-state index contributed by atoms with van der Waals surface area (Å²) in [7, 11) is 3.03. The maximum atomic E-state index is 10.2. The predicted molar refractivity (Wildman–Crippen MR) is 60.7 cm³/mol. The van der Waals surface area contributed by atoms with Gasteiger partial charge in [-0.1, -0.05) is 11.2 Å². The van der Waals surface area contributed by atoms with E-state index >= 15 is 0 Å². The van der Waals surface area contributed by atoms with Gasteiger partial charge >= 0.3 is 5.97 Å². The minimum Gasteiger partial charge on any atom is -0.493 e. The van der Waals surface area contributed by atoms with E-state index in [1.165, 1.54) is 20.4 Å². The Morgan fingerprint density at radius 2 is 2.18 bits per heavy atom. The molecule has 0 atom stereocenters. The fourth-order valence-electron chi connectivity index (χ4n) is 1.20. The second-order valence-corrected chi connectivity index (χ2v) is 2.98. The second kappa shape index (κ2) is 6.37. The largest absolute Gasteiger partial charge is 0.493 e. The van der Waals surface area contributed by atoms with Gasteiger partial charge in [0, 0.05) is 5.56 Å². The van der Waals surface area contributed by atoms with Gasteiger partial charge in [-0.05, 0) is 12.1 Å². The number of nitrogens with zero attached hydrogens (tertiary/aromatic N) is 1. The van der Waals surface area contributed by atoms with Gasteiger partial charge in [-0.25, -0.2) is 4.79 Å². The quantitative estimate of drug-likeness (QED) is 0.595. The van der Waals surface area contributed by atoms with Crippen molar-refractivity contribution in [2.45, 2.75) is 0 Å². The molecule has 6 nitrogen and oxygen atoms in total. The SMILES string of the molecule is COc1cccc(/C=N/OCC(=O)O)c1OC. The fraction of sp³-hybridized carbons (Fsp3) is 0.273. The Morgan fingerprint density at radius 3 is 2.76 bits per heavy atom. The number of hydrogen-bond donors (Lipinski definition) is 1. The lowest BCUT2D eigenvalue weighted by molar-refractivity contribution is -0.142. The van der Waals surface area contributed by atoms with Crippen LogP contribution in [0, 0.1) is 0 Å². The summed E-state index contributed by atoms with van der Waals surface area (Å²) in [4.78, 5) is 14.7. The zero-order chi connectivity index (χ0) is 12.7. The van der Waals surface area contributed by atoms with Gasteiger partial charge in [-0.3, -0.25) is 0 Å². The lowest BCUT2D eigenvalue weighted by Gasteiger charge is -2.09. The van der Waals surface area contributed by atoms with Gasteiger partial charge in [0.2, 0.25) is 6.61 Å². The summed E-state index contributed by atoms with van der Waals surface area (Å²) in [6.45, 7) is -0.483. The van der Waals surface area contributed by atoms with Crippen LogP contribution in [0.1, 0.15) is 5.56 Å². The molecule has 0 amide bonds. The molecule has 0 aromatic heterocycles. The first-order valence-corrected chi connectivity index (χ1v) is 4.77. The Kier molecular flexibility index (Phi) is 4.80. The summed E-state index contributed by atoms with van der Waals surface area (Å²) in [5.41, 5.74) is 0.636. The third-order valence-electron chi connectivity index (χ3n) is 1.89. The van der Waals surface area contributed by atoms with Crippen LogP contribution in [0.2, 0.25) is 0 Å². The van der Waals surface area contributed by atoms with Crippen LogP contribution < -0.4 is 9.47 Å². The summed E-state index contributed by atoms with van der Waals surface area (Å²) < 4.78 is 10.3. The third-order valence-corrected chi connectivity index (χ3v) is 1.89. The molecule has 1 N–H and O–H groups in total. The van der Waals surface area contributed by atoms with Gasteiger partial charge in [-0.15, -0.1) is 0 Å². The first-order valence-electron chi connectivity index (χ1n) is 4.77. The van der Waals surface area contributed by atoms with Crippen LogP contribution in [-0.2, 0) is 9.63 Å². The van der Waals surface area contributed by atoms with E-state index in [4.69, 9.17) is 14.6 Å². The number of oxime groups is 1. The lowest BCUT2D eigenvalue weighted by Crippen LogP contribution is -2.03. The van der Waals surface area contributed by atoms with Gasteiger partial charge in [0.15, 0.2) is 11.5 Å². The van der Waals surface area contributed by atoms with Crippen LogP contribution in [0.3, 0.4) is 0 Å². The number of carboxylic acids is 1. The zero-order valence-corrected chi connectivity index (χ0v) is 9.54. The van der Waals surface area contributed by atoms with Crippen molar-refractivity contribution >= 4 is 12.2 Å². The van der Waals surface area contributed by atoms with E-state index in [1.807, 2.05) is 0 Å². The zero-order valence-electron chi connectivity index (χ0n) is 9.54. The van der Waals surface area contributed by atoms with Gasteiger partial charge in [0.05, 0.1) is 20.4 Å². The highest BCUT2D eigenvalue weighted by Gasteiger charge is 2.07. The van der Waals surface area contributed by atoms with Gasteiger partial charge in [-0.2, -0.15) is 0 Å². The number of ether oxygens (including phenoxy) is 2. The number of benzene rings is 1. The molecular formula is C11H13NO5. The standard InChI is InChI=1S/C11H13NO5/c1-15-9-5-3-4-8(11(9)16-2)6-12-17-7-10(13)14/h3-6H,7H2,1-2H3,(H,13,14)/b12-6+. The van der Waals surface area contributed by atoms with Crippen LogP contribution in [-0.4, -0.2) is 38.1 Å². The monoisotopic (exact) mass is 239 g/mol. The predicted octanol–water partition coefficient (Wildman–Crippen LogP) is 1.14. The molecule has 92 valence electrons. The van der Waals surface area contributed by atoms with Crippen molar-refractivity contribution in [3.8, 4) is 11.5 Å². The fourth-order valence-corrected chi connectivity index (χ4v) is 1.20. The van der Waals surface area contributed by atoms with Crippen molar-refractivity contribution in [2.24, 2.45) is 5.16 Å². The van der Waals surface area contributed by atoms with Gasteiger partial charge < -0.3 is 19.4 Å². The van der Waals surface area contributed by atoms with Gasteiger partial charge in [0.1, 0.15) is 0 Å². The molecule has 0 unspecified atom stereocenters. The summed E-state index contributed by atoms with van der Waals surface area (Å²) in [6, 6.07) is 5.25. The van der Waals surface area contributed by atoms with E-state index in [9.17, 15) is 4.79 Å². The van der Waals surface area contributed by atoms with E-state index in [0.717, 1.165) is 0 Å². The Balaban J connectivity index is 2.79. The molecule has 1 aromatic carbocycles. The van der Waals surface area contributed by atoms with Crippen molar-refractivity contribution < 1.29 is 24.2 Å². The van der Waals surface area contributed by atoms with E-state index in [1.54, 1.807) is 18.2 Å². The highest BCUT2D eigenvalue weighted by molar-refractivity contribution is 5.84. The number of methoxy groups -OCH3 is 2. The summed E-state index contributed by atoms with van der Waals surface area (Å²) >= 11 is 0. The average Bonchev–Trinajstić information content (AvgIpc) is 2.33. The highest BCUT2D eigenvalue weighted by Crippen LogP contribution is 2.29. The number of hydrogen-bond acceptors (Lipinski definition) is 5. The van der Waals surface area contributed by atoms with Crippen LogP contribution in [0.15, 0.2) is 23.4 Å². The first kappa shape index (κ1) is 12.8. The number of aliphatic carboxylic acids is 1. The average molecular weight is 239 g/mol. The Morgan fingerprint density at radius 1 is 1.41 bits per heavy atom. The normalized spacial score (nSPS) is 10.2. The van der Waals surface area contributed by atoms with Crippen molar-refractivity contribution in [1.29, 1.82) is 0 Å². The van der Waals surface area contributed by atoms with Crippen LogP contribution in [0.5, 0.6) is 11.5 Å². The molecule has 0 saturated heterocycles. The highest BCUT2D eigenvalue weighted by atomic mass is 16.6. The minimum absolute atomic E-state index is 0.483. The summed E-state index contributed by atoms with van der Waals surface area (Å²) in [5, 5.41) is 11.9. The molecule has 1 rings (SSSR count). The van der Waals surface area contributed by atoms with Crippen molar-refractivity contribution in [1.82, 2.24) is 0 Å². The minimum atomic E-state index is -1.08. The van der Waals surface area contributed by atoms with E-state index in [-0.39, 0.29) is 0 Å². The second-order valence-electron chi connectivity index (χ2n) is 2.98. The molecule has 1 aromatic rings. The van der Waals surface area contributed by atoms with Crippen molar-refractivity contribution in [3.63, 3.8) is 0 Å². The molecule has 0 saturated carbocycles. The molecule has 0 radical (unpaired) electrons. The Hall–Kier alpha value is -2.24. The number of carbonyl (C=O) groups is 1. The smallest absolute Gasteiger partial charge is 0.344 e. The van der Waals surface area contributed by atoms with Crippen LogP contribution in [0.4, 0.5) is 0 Å². The van der Waals surface area contributed by atoms with Crippen molar-refractivity contribution in [3.05, 3.63) is 23.8 Å². The molecule has 0 aliphatic heterocycles.